The monoisotopic (exact) mass is 468 g/mol. The number of carboxylic acid groups (broad SMARTS) is 1. The van der Waals surface area contributed by atoms with Crippen LogP contribution >= 0.6 is 35.7 Å². The Labute approximate surface area is 190 Å². The lowest BCUT2D eigenvalue weighted by molar-refractivity contribution is -0.305. The number of nitrogens with zero attached hydrogens (tertiary/aromatic N) is 3. The second-order valence-corrected chi connectivity index (χ2v) is 9.31. The zero-order chi connectivity index (χ0) is 22.1. The number of thiocarbonyl (C=S) groups is 1. The molecule has 0 atom stereocenters. The Morgan fingerprint density at radius 2 is 1.97 bits per heavy atom. The van der Waals surface area contributed by atoms with Crippen molar-refractivity contribution in [1.29, 1.82) is 0 Å². The average molecular weight is 469 g/mol. The number of rotatable bonds is 5. The van der Waals surface area contributed by atoms with Crippen LogP contribution < -0.4 is 10.7 Å². The van der Waals surface area contributed by atoms with Crippen LogP contribution in [0.25, 0.3) is 11.7 Å². The van der Waals surface area contributed by atoms with E-state index in [0.29, 0.717) is 10.7 Å². The highest BCUT2D eigenvalue weighted by Gasteiger charge is 2.32. The molecule has 3 heterocycles. The normalized spacial score (nSPS) is 15.3. The van der Waals surface area contributed by atoms with Crippen LogP contribution in [0.5, 0.6) is 0 Å². The maximum Gasteiger partial charge on any atom is 0.266 e. The van der Waals surface area contributed by atoms with Gasteiger partial charge < -0.3 is 9.90 Å². The zero-order valence-electron chi connectivity index (χ0n) is 16.1. The van der Waals surface area contributed by atoms with Crippen LogP contribution in [0.1, 0.15) is 11.1 Å². The fraction of sp³-hybridized carbons (Fsp3) is 0.0952. The first kappa shape index (κ1) is 21.3. The van der Waals surface area contributed by atoms with Gasteiger partial charge in [-0.25, -0.2) is 4.98 Å². The summed E-state index contributed by atoms with van der Waals surface area (Å²) in [5.41, 5.74) is 1.25. The molecule has 1 fully saturated rings. The molecule has 7 nitrogen and oxygen atoms in total. The smallest absolute Gasteiger partial charge is 0.266 e. The number of benzene rings is 1. The molecule has 3 aromatic rings. The van der Waals surface area contributed by atoms with Crippen molar-refractivity contribution in [2.75, 3.05) is 6.54 Å². The number of aromatic nitrogens is 2. The Hall–Kier alpha value is -2.95. The van der Waals surface area contributed by atoms with Crippen molar-refractivity contribution in [3.05, 3.63) is 75.0 Å². The molecule has 0 aliphatic carbocycles. The van der Waals surface area contributed by atoms with E-state index in [2.05, 4.69) is 0 Å². The fourth-order valence-corrected chi connectivity index (χ4v) is 5.13. The van der Waals surface area contributed by atoms with E-state index in [-0.39, 0.29) is 20.3 Å². The lowest BCUT2D eigenvalue weighted by Crippen LogP contribution is -2.40. The summed E-state index contributed by atoms with van der Waals surface area (Å²) in [5.74, 6) is -2.00. The van der Waals surface area contributed by atoms with Crippen molar-refractivity contribution in [2.45, 2.75) is 16.8 Å². The summed E-state index contributed by atoms with van der Waals surface area (Å²) >= 11 is 7.38. The van der Waals surface area contributed by atoms with E-state index in [1.807, 2.05) is 43.3 Å². The van der Waals surface area contributed by atoms with E-state index in [1.54, 1.807) is 12.3 Å². The first-order valence-electron chi connectivity index (χ1n) is 9.05. The highest BCUT2D eigenvalue weighted by Crippen LogP contribution is 2.35. The first-order chi connectivity index (χ1) is 14.8. The van der Waals surface area contributed by atoms with Gasteiger partial charge in [0.15, 0.2) is 0 Å². The number of hydrogen-bond acceptors (Lipinski definition) is 8. The molecule has 0 saturated carbocycles. The molecule has 0 radical (unpaired) electrons. The molecule has 156 valence electrons. The van der Waals surface area contributed by atoms with Crippen LogP contribution in [-0.2, 0) is 9.59 Å². The summed E-state index contributed by atoms with van der Waals surface area (Å²) in [5, 5.41) is 11.4. The summed E-state index contributed by atoms with van der Waals surface area (Å²) in [6, 6.07) is 13.1. The minimum Gasteiger partial charge on any atom is -0.548 e. The summed E-state index contributed by atoms with van der Waals surface area (Å²) in [6.07, 6.45) is 3.05. The van der Waals surface area contributed by atoms with Gasteiger partial charge in [-0.15, -0.1) is 0 Å². The minimum atomic E-state index is -1.42. The van der Waals surface area contributed by atoms with Crippen LogP contribution in [0.15, 0.2) is 68.3 Å². The second kappa shape index (κ2) is 8.66. The molecule has 1 aromatic carbocycles. The van der Waals surface area contributed by atoms with Crippen LogP contribution in [-0.4, -0.2) is 37.0 Å². The van der Waals surface area contributed by atoms with Crippen molar-refractivity contribution >= 4 is 63.7 Å². The lowest BCUT2D eigenvalue weighted by Gasteiger charge is -2.14. The first-order valence-corrected chi connectivity index (χ1v) is 11.1. The molecule has 1 amide bonds. The van der Waals surface area contributed by atoms with E-state index in [4.69, 9.17) is 17.2 Å². The number of fused-ring (bicyclic) bond motifs is 1. The number of aliphatic carboxylic acids is 1. The molecule has 0 spiro atoms. The Kier molecular flexibility index (Phi) is 5.94. The third-order valence-corrected chi connectivity index (χ3v) is 6.83. The maximum atomic E-state index is 13.3. The molecule has 1 aliphatic rings. The minimum absolute atomic E-state index is 0.0995. The molecular weight excluding hydrogens is 454 g/mol. The van der Waals surface area contributed by atoms with Gasteiger partial charge in [-0.2, -0.15) is 0 Å². The Morgan fingerprint density at radius 3 is 2.68 bits per heavy atom. The van der Waals surface area contributed by atoms with Gasteiger partial charge in [0.25, 0.3) is 11.5 Å². The van der Waals surface area contributed by atoms with Crippen molar-refractivity contribution in [3.8, 4) is 0 Å². The molecule has 0 N–H and O–H groups in total. The van der Waals surface area contributed by atoms with Gasteiger partial charge in [-0.1, -0.05) is 60.0 Å². The SMILES string of the molecule is Cc1cccn2c(=O)c(C=C3SC(=S)N(CC(=O)[O-])C3=O)c(Sc3ccccc3)nc12. The summed E-state index contributed by atoms with van der Waals surface area (Å²) in [4.78, 5) is 43.6. The van der Waals surface area contributed by atoms with Crippen LogP contribution in [0.2, 0.25) is 0 Å². The van der Waals surface area contributed by atoms with E-state index < -0.39 is 18.4 Å². The molecule has 4 rings (SSSR count). The fourth-order valence-electron chi connectivity index (χ4n) is 2.99. The third-order valence-electron chi connectivity index (χ3n) is 4.44. The average Bonchev–Trinajstić information content (AvgIpc) is 2.99. The van der Waals surface area contributed by atoms with E-state index >= 15 is 0 Å². The number of carbonyl (C=O) groups is 2. The highest BCUT2D eigenvalue weighted by atomic mass is 32.2. The van der Waals surface area contributed by atoms with Gasteiger partial charge in [0.05, 0.1) is 23.0 Å². The Bertz CT molecular complexity index is 1320. The number of thioether (sulfide) groups is 1. The zero-order valence-corrected chi connectivity index (χ0v) is 18.6. The number of pyridine rings is 1. The standard InChI is InChI=1S/C21H15N3O4S3/c1-12-6-5-9-23-17(12)22-18(30-13-7-3-2-4-8-13)14(19(23)27)10-15-20(28)24(11-16(25)26)21(29)31-15/h2-10H,11H2,1H3,(H,25,26)/p-1. The van der Waals surface area contributed by atoms with Gasteiger partial charge in [0.1, 0.15) is 15.0 Å². The maximum absolute atomic E-state index is 13.3. The van der Waals surface area contributed by atoms with E-state index in [1.165, 1.54) is 22.2 Å². The number of hydrogen-bond donors (Lipinski definition) is 0. The summed E-state index contributed by atoms with van der Waals surface area (Å²) < 4.78 is 1.53. The Morgan fingerprint density at radius 1 is 1.23 bits per heavy atom. The molecule has 31 heavy (non-hydrogen) atoms. The predicted molar refractivity (Wildman–Crippen MR) is 122 cm³/mol. The molecular formula is C21H14N3O4S3-. The van der Waals surface area contributed by atoms with Crippen molar-refractivity contribution in [2.24, 2.45) is 0 Å². The highest BCUT2D eigenvalue weighted by molar-refractivity contribution is 8.26. The second-order valence-electron chi connectivity index (χ2n) is 6.58. The van der Waals surface area contributed by atoms with Crippen LogP contribution in [0, 0.1) is 6.92 Å². The number of carboxylic acids is 1. The number of carbonyl (C=O) groups excluding carboxylic acids is 2. The lowest BCUT2D eigenvalue weighted by atomic mass is 10.2. The largest absolute Gasteiger partial charge is 0.548 e. The van der Waals surface area contributed by atoms with Crippen molar-refractivity contribution in [3.63, 3.8) is 0 Å². The van der Waals surface area contributed by atoms with Gasteiger partial charge in [0.2, 0.25) is 0 Å². The van der Waals surface area contributed by atoms with Gasteiger partial charge in [-0.05, 0) is 36.8 Å². The van der Waals surface area contributed by atoms with E-state index in [0.717, 1.165) is 27.1 Å². The topological polar surface area (TPSA) is 94.8 Å². The predicted octanol–water partition coefficient (Wildman–Crippen LogP) is 2.11. The molecule has 1 saturated heterocycles. The molecule has 10 heteroatoms. The van der Waals surface area contributed by atoms with Gasteiger partial charge in [0, 0.05) is 11.1 Å². The van der Waals surface area contributed by atoms with Crippen LogP contribution in [0.4, 0.5) is 0 Å². The van der Waals surface area contributed by atoms with Crippen molar-refractivity contribution < 1.29 is 14.7 Å². The van der Waals surface area contributed by atoms with Gasteiger partial charge in [-0.3, -0.25) is 18.9 Å². The van der Waals surface area contributed by atoms with Crippen molar-refractivity contribution in [1.82, 2.24) is 14.3 Å². The molecule has 2 aromatic heterocycles. The summed E-state index contributed by atoms with van der Waals surface area (Å²) in [7, 11) is 0. The summed E-state index contributed by atoms with van der Waals surface area (Å²) in [6.45, 7) is 1.23. The number of aryl methyl sites for hydroxylation is 1. The quantitative estimate of drug-likeness (QED) is 0.319. The molecule has 0 bridgehead atoms. The number of amides is 1. The third kappa shape index (κ3) is 4.27. The Balaban J connectivity index is 1.87. The van der Waals surface area contributed by atoms with E-state index in [9.17, 15) is 19.5 Å². The molecule has 0 unspecified atom stereocenters. The van der Waals surface area contributed by atoms with Crippen LogP contribution in [0.3, 0.4) is 0 Å². The van der Waals surface area contributed by atoms with Gasteiger partial charge >= 0.3 is 0 Å². The molecule has 1 aliphatic heterocycles.